The molecule has 0 N–H and O–H groups in total. The first-order chi connectivity index (χ1) is 15.6. The molecule has 2 heterocycles. The molecule has 6 nitrogen and oxygen atoms in total. The summed E-state index contributed by atoms with van der Waals surface area (Å²) in [5, 5.41) is 0. The van der Waals surface area contributed by atoms with Gasteiger partial charge in [-0.25, -0.2) is 9.59 Å². The number of fused-ring (bicyclic) bond motifs is 1. The lowest BCUT2D eigenvalue weighted by Crippen LogP contribution is -2.18. The molecule has 0 aliphatic rings. The Morgan fingerprint density at radius 2 is 1.38 bits per heavy atom. The molecular formula is C26H29NO5. The SMILES string of the molecule is CCCCOC(=O)c1c(C(=O)OCCCC)c2ccccn2c1C(=O)Cc1ccccc1. The summed E-state index contributed by atoms with van der Waals surface area (Å²) in [6.07, 6.45) is 4.92. The van der Waals surface area contributed by atoms with E-state index < -0.39 is 11.9 Å². The van der Waals surface area contributed by atoms with E-state index in [9.17, 15) is 14.4 Å². The normalized spacial score (nSPS) is 10.8. The Hall–Kier alpha value is -3.41. The van der Waals surface area contributed by atoms with Crippen molar-refractivity contribution in [3.63, 3.8) is 0 Å². The van der Waals surface area contributed by atoms with Gasteiger partial charge in [0, 0.05) is 12.6 Å². The van der Waals surface area contributed by atoms with Crippen LogP contribution in [-0.4, -0.2) is 35.3 Å². The molecule has 2 aromatic heterocycles. The summed E-state index contributed by atoms with van der Waals surface area (Å²) in [6, 6.07) is 14.5. The number of benzene rings is 1. The quantitative estimate of drug-likeness (QED) is 0.233. The molecule has 0 spiro atoms. The van der Waals surface area contributed by atoms with Crippen LogP contribution in [0.25, 0.3) is 5.52 Å². The maximum absolute atomic E-state index is 13.4. The molecule has 0 atom stereocenters. The zero-order valence-electron chi connectivity index (χ0n) is 18.6. The minimum absolute atomic E-state index is 0.0188. The van der Waals surface area contributed by atoms with Gasteiger partial charge in [0.05, 0.1) is 18.7 Å². The lowest BCUT2D eigenvalue weighted by atomic mass is 10.0. The van der Waals surface area contributed by atoms with Gasteiger partial charge in [-0.05, 0) is 30.5 Å². The van der Waals surface area contributed by atoms with Crippen LogP contribution in [0.1, 0.15) is 76.3 Å². The molecule has 3 aromatic rings. The van der Waals surface area contributed by atoms with Crippen LogP contribution < -0.4 is 0 Å². The summed E-state index contributed by atoms with van der Waals surface area (Å²) in [6.45, 7) is 4.46. The molecule has 0 saturated heterocycles. The van der Waals surface area contributed by atoms with Gasteiger partial charge in [-0.3, -0.25) is 4.79 Å². The van der Waals surface area contributed by atoms with Crippen LogP contribution in [0.2, 0.25) is 0 Å². The average Bonchev–Trinajstić information content (AvgIpc) is 3.15. The second-order valence-corrected chi connectivity index (χ2v) is 7.62. The van der Waals surface area contributed by atoms with E-state index in [1.807, 2.05) is 44.2 Å². The van der Waals surface area contributed by atoms with Crippen LogP contribution in [0, 0.1) is 0 Å². The monoisotopic (exact) mass is 435 g/mol. The third-order valence-electron chi connectivity index (χ3n) is 5.19. The first-order valence-electron chi connectivity index (χ1n) is 11.1. The van der Waals surface area contributed by atoms with E-state index in [0.29, 0.717) is 18.4 Å². The van der Waals surface area contributed by atoms with Crippen molar-refractivity contribution in [1.82, 2.24) is 4.40 Å². The van der Waals surface area contributed by atoms with Crippen molar-refractivity contribution in [3.05, 3.63) is 77.1 Å². The Bertz CT molecular complexity index is 1080. The number of ether oxygens (including phenoxy) is 2. The highest BCUT2D eigenvalue weighted by molar-refractivity contribution is 6.16. The van der Waals surface area contributed by atoms with Crippen molar-refractivity contribution in [2.45, 2.75) is 46.0 Å². The molecule has 0 fully saturated rings. The first-order valence-corrected chi connectivity index (χ1v) is 11.1. The van der Waals surface area contributed by atoms with Crippen molar-refractivity contribution in [1.29, 1.82) is 0 Å². The Kier molecular flexibility index (Phi) is 8.20. The number of unbranched alkanes of at least 4 members (excludes halogenated alkanes) is 2. The highest BCUT2D eigenvalue weighted by Gasteiger charge is 2.32. The van der Waals surface area contributed by atoms with Crippen LogP contribution in [0.15, 0.2) is 54.7 Å². The van der Waals surface area contributed by atoms with E-state index in [2.05, 4.69) is 0 Å². The molecular weight excluding hydrogens is 406 g/mol. The van der Waals surface area contributed by atoms with Crippen LogP contribution in [0.3, 0.4) is 0 Å². The summed E-state index contributed by atoms with van der Waals surface area (Å²) in [5.74, 6) is -1.57. The number of carbonyl (C=O) groups excluding carboxylic acids is 3. The van der Waals surface area contributed by atoms with Crippen molar-refractivity contribution >= 4 is 23.2 Å². The fraction of sp³-hybridized carbons (Fsp3) is 0.346. The maximum atomic E-state index is 13.4. The van der Waals surface area contributed by atoms with E-state index in [-0.39, 0.29) is 42.2 Å². The third kappa shape index (κ3) is 5.25. The molecule has 0 bridgehead atoms. The fourth-order valence-electron chi connectivity index (χ4n) is 3.52. The number of aromatic nitrogens is 1. The van der Waals surface area contributed by atoms with Crippen molar-refractivity contribution in [2.75, 3.05) is 13.2 Å². The minimum Gasteiger partial charge on any atom is -0.462 e. The van der Waals surface area contributed by atoms with E-state index >= 15 is 0 Å². The number of carbonyl (C=O) groups is 3. The topological polar surface area (TPSA) is 74.1 Å². The average molecular weight is 436 g/mol. The van der Waals surface area contributed by atoms with Gasteiger partial charge in [0.1, 0.15) is 16.8 Å². The van der Waals surface area contributed by atoms with Gasteiger partial charge in [0.25, 0.3) is 0 Å². The molecule has 0 amide bonds. The number of ketones is 1. The van der Waals surface area contributed by atoms with Crippen LogP contribution in [0.4, 0.5) is 0 Å². The zero-order valence-corrected chi connectivity index (χ0v) is 18.6. The standard InChI is InChI=1S/C26H29NO5/c1-3-5-16-31-25(29)22-20-14-10-11-15-27(20)24(23(22)26(30)32-17-6-4-2)21(28)18-19-12-8-7-9-13-19/h7-15H,3-6,16-18H2,1-2H3. The van der Waals surface area contributed by atoms with Gasteiger partial charge in [-0.1, -0.05) is 63.1 Å². The fourth-order valence-corrected chi connectivity index (χ4v) is 3.52. The molecule has 0 aliphatic carbocycles. The first kappa shape index (κ1) is 23.3. The Morgan fingerprint density at radius 3 is 2.00 bits per heavy atom. The Labute approximate surface area is 188 Å². The van der Waals surface area contributed by atoms with E-state index in [0.717, 1.165) is 18.4 Å². The number of esters is 2. The summed E-state index contributed by atoms with van der Waals surface area (Å²) in [5.41, 5.74) is 1.48. The predicted molar refractivity (Wildman–Crippen MR) is 122 cm³/mol. The highest BCUT2D eigenvalue weighted by Crippen LogP contribution is 2.27. The number of hydrogen-bond donors (Lipinski definition) is 0. The lowest BCUT2D eigenvalue weighted by molar-refractivity contribution is 0.0454. The molecule has 168 valence electrons. The van der Waals surface area contributed by atoms with Gasteiger partial charge in [-0.2, -0.15) is 0 Å². The molecule has 0 aliphatic heterocycles. The van der Waals surface area contributed by atoms with E-state index in [4.69, 9.17) is 9.47 Å². The van der Waals surface area contributed by atoms with Gasteiger partial charge >= 0.3 is 11.9 Å². The van der Waals surface area contributed by atoms with E-state index in [1.165, 1.54) is 0 Å². The summed E-state index contributed by atoms with van der Waals surface area (Å²) >= 11 is 0. The third-order valence-corrected chi connectivity index (χ3v) is 5.19. The molecule has 0 saturated carbocycles. The smallest absolute Gasteiger partial charge is 0.341 e. The molecule has 1 aromatic carbocycles. The Balaban J connectivity index is 2.11. The largest absolute Gasteiger partial charge is 0.462 e. The summed E-state index contributed by atoms with van der Waals surface area (Å²) in [4.78, 5) is 39.6. The maximum Gasteiger partial charge on any atom is 0.341 e. The summed E-state index contributed by atoms with van der Waals surface area (Å²) < 4.78 is 12.5. The molecule has 32 heavy (non-hydrogen) atoms. The Morgan fingerprint density at radius 1 is 0.781 bits per heavy atom. The second kappa shape index (κ2) is 11.3. The van der Waals surface area contributed by atoms with Crippen LogP contribution in [0.5, 0.6) is 0 Å². The number of hydrogen-bond acceptors (Lipinski definition) is 5. The molecule has 0 radical (unpaired) electrons. The molecule has 3 rings (SSSR count). The number of rotatable bonds is 11. The zero-order chi connectivity index (χ0) is 22.9. The van der Waals surface area contributed by atoms with Gasteiger partial charge in [-0.15, -0.1) is 0 Å². The van der Waals surface area contributed by atoms with Crippen molar-refractivity contribution in [3.8, 4) is 0 Å². The van der Waals surface area contributed by atoms with Crippen molar-refractivity contribution < 1.29 is 23.9 Å². The number of pyridine rings is 1. The molecule has 0 unspecified atom stereocenters. The van der Waals surface area contributed by atoms with Crippen LogP contribution in [-0.2, 0) is 15.9 Å². The van der Waals surface area contributed by atoms with Crippen LogP contribution >= 0.6 is 0 Å². The predicted octanol–water partition coefficient (Wildman–Crippen LogP) is 5.28. The van der Waals surface area contributed by atoms with Gasteiger partial charge in [0.2, 0.25) is 0 Å². The lowest BCUT2D eigenvalue weighted by Gasteiger charge is -2.09. The number of nitrogens with zero attached hydrogens (tertiary/aromatic N) is 1. The second-order valence-electron chi connectivity index (χ2n) is 7.62. The van der Waals surface area contributed by atoms with Crippen molar-refractivity contribution in [2.24, 2.45) is 0 Å². The highest BCUT2D eigenvalue weighted by atomic mass is 16.5. The van der Waals surface area contributed by atoms with E-state index in [1.54, 1.807) is 28.8 Å². The van der Waals surface area contributed by atoms with Gasteiger partial charge in [0.15, 0.2) is 5.78 Å². The number of Topliss-reactive ketones (excluding diaryl/α,β-unsaturated/α-hetero) is 1. The summed E-state index contributed by atoms with van der Waals surface area (Å²) in [7, 11) is 0. The van der Waals surface area contributed by atoms with Gasteiger partial charge < -0.3 is 13.9 Å². The molecule has 6 heteroatoms. The minimum atomic E-state index is -0.680.